The summed E-state index contributed by atoms with van der Waals surface area (Å²) in [6.07, 6.45) is 0.805. The minimum absolute atomic E-state index is 0.0197. The lowest BCUT2D eigenvalue weighted by Crippen LogP contribution is -2.27. The van der Waals surface area contributed by atoms with Crippen LogP contribution in [0.3, 0.4) is 0 Å². The lowest BCUT2D eigenvalue weighted by atomic mass is 10.0. The molecule has 0 radical (unpaired) electrons. The van der Waals surface area contributed by atoms with Crippen LogP contribution in [0, 0.1) is 0 Å². The van der Waals surface area contributed by atoms with Crippen molar-refractivity contribution in [2.75, 3.05) is 27.7 Å². The van der Waals surface area contributed by atoms with Gasteiger partial charge in [0.15, 0.2) is 11.5 Å². The topological polar surface area (TPSA) is 61.8 Å². The van der Waals surface area contributed by atoms with Crippen LogP contribution in [0.1, 0.15) is 21.5 Å². The molecule has 0 heterocycles. The first-order chi connectivity index (χ1) is 11.6. The first-order valence-corrected chi connectivity index (χ1v) is 7.90. The predicted molar refractivity (Wildman–Crippen MR) is 94.5 cm³/mol. The molecule has 0 fully saturated rings. The number of nitrogens with zero attached hydrogens (tertiary/aromatic N) is 1. The van der Waals surface area contributed by atoms with E-state index in [0.29, 0.717) is 12.3 Å². The Morgan fingerprint density at radius 1 is 1.25 bits per heavy atom. The fourth-order valence-corrected chi connectivity index (χ4v) is 2.58. The molecule has 0 atom stereocenters. The van der Waals surface area contributed by atoms with Gasteiger partial charge >= 0.3 is 0 Å². The maximum absolute atomic E-state index is 12.8. The van der Waals surface area contributed by atoms with Crippen molar-refractivity contribution in [3.8, 4) is 11.5 Å². The number of nitrogens with one attached hydrogen (secondary N) is 1. The van der Waals surface area contributed by atoms with Crippen molar-refractivity contribution in [3.63, 3.8) is 0 Å². The van der Waals surface area contributed by atoms with Crippen LogP contribution >= 0.6 is 0 Å². The molecule has 0 saturated carbocycles. The first-order valence-electron chi connectivity index (χ1n) is 7.90. The van der Waals surface area contributed by atoms with Crippen LogP contribution in [0.15, 0.2) is 42.5 Å². The fourth-order valence-electron chi connectivity index (χ4n) is 2.58. The number of carbonyl (C=O) groups excluding carboxylic acids is 1. The van der Waals surface area contributed by atoms with Crippen LogP contribution in [0.2, 0.25) is 0 Å². The maximum Gasteiger partial charge on any atom is 0.254 e. The first kappa shape index (κ1) is 17.8. The van der Waals surface area contributed by atoms with Crippen molar-refractivity contribution >= 4 is 5.91 Å². The highest BCUT2D eigenvalue weighted by molar-refractivity contribution is 5.95. The number of rotatable bonds is 7. The Bertz CT molecular complexity index is 701. The molecule has 0 aliphatic rings. The molecular weight excluding hydrogens is 304 g/mol. The smallest absolute Gasteiger partial charge is 0.254 e. The van der Waals surface area contributed by atoms with E-state index in [0.717, 1.165) is 29.7 Å². The number of ether oxygens (including phenoxy) is 1. The second-order valence-electron chi connectivity index (χ2n) is 5.68. The van der Waals surface area contributed by atoms with Gasteiger partial charge in [-0.25, -0.2) is 0 Å². The highest BCUT2D eigenvalue weighted by Crippen LogP contribution is 2.27. The number of hydrogen-bond donors (Lipinski definition) is 2. The highest BCUT2D eigenvalue weighted by Gasteiger charge is 2.16. The second-order valence-corrected chi connectivity index (χ2v) is 5.68. The third-order valence-corrected chi connectivity index (χ3v) is 3.90. The molecular formula is C19H24N2O3. The van der Waals surface area contributed by atoms with Crippen LogP contribution in [0.5, 0.6) is 11.5 Å². The minimum Gasteiger partial charge on any atom is -0.504 e. The Morgan fingerprint density at radius 2 is 2.00 bits per heavy atom. The van der Waals surface area contributed by atoms with Gasteiger partial charge in [0.05, 0.1) is 7.11 Å². The van der Waals surface area contributed by atoms with Crippen molar-refractivity contribution in [2.45, 2.75) is 13.0 Å². The molecule has 2 aromatic rings. The third-order valence-electron chi connectivity index (χ3n) is 3.90. The van der Waals surface area contributed by atoms with Gasteiger partial charge < -0.3 is 20.1 Å². The molecule has 0 aliphatic carbocycles. The fraction of sp³-hybridized carbons (Fsp3) is 0.316. The zero-order valence-corrected chi connectivity index (χ0v) is 14.4. The molecule has 5 heteroatoms. The Balaban J connectivity index is 2.15. The van der Waals surface area contributed by atoms with E-state index in [1.54, 1.807) is 30.1 Å². The summed E-state index contributed by atoms with van der Waals surface area (Å²) in [6, 6.07) is 12.8. The van der Waals surface area contributed by atoms with Crippen molar-refractivity contribution < 1.29 is 14.6 Å². The van der Waals surface area contributed by atoms with Gasteiger partial charge in [-0.1, -0.05) is 24.3 Å². The minimum atomic E-state index is -0.0197. The Kier molecular flexibility index (Phi) is 6.21. The second kappa shape index (κ2) is 8.36. The van der Waals surface area contributed by atoms with Crippen molar-refractivity contribution in [2.24, 2.45) is 0 Å². The number of methoxy groups -OCH3 is 1. The van der Waals surface area contributed by atoms with Gasteiger partial charge in [0.2, 0.25) is 0 Å². The number of carbonyl (C=O) groups is 1. The molecule has 0 saturated heterocycles. The van der Waals surface area contributed by atoms with E-state index in [-0.39, 0.29) is 11.7 Å². The molecule has 0 aliphatic heterocycles. The summed E-state index contributed by atoms with van der Waals surface area (Å²) in [5.41, 5.74) is 2.65. The normalized spacial score (nSPS) is 10.5. The maximum atomic E-state index is 12.8. The van der Waals surface area contributed by atoms with Crippen LogP contribution in [-0.4, -0.2) is 43.7 Å². The van der Waals surface area contributed by atoms with E-state index in [2.05, 4.69) is 5.32 Å². The largest absolute Gasteiger partial charge is 0.504 e. The molecule has 5 nitrogen and oxygen atoms in total. The molecule has 0 unspecified atom stereocenters. The summed E-state index contributed by atoms with van der Waals surface area (Å²) in [5.74, 6) is 0.476. The Labute approximate surface area is 142 Å². The number of benzene rings is 2. The van der Waals surface area contributed by atoms with E-state index >= 15 is 0 Å². The molecule has 2 N–H and O–H groups in total. The number of amides is 1. The lowest BCUT2D eigenvalue weighted by molar-refractivity contribution is 0.0784. The van der Waals surface area contributed by atoms with Gasteiger partial charge in [-0.15, -0.1) is 0 Å². The van der Waals surface area contributed by atoms with Crippen molar-refractivity contribution in [1.82, 2.24) is 10.2 Å². The van der Waals surface area contributed by atoms with E-state index in [9.17, 15) is 9.90 Å². The van der Waals surface area contributed by atoms with Gasteiger partial charge in [-0.05, 0) is 49.3 Å². The number of phenols is 1. The molecule has 0 bridgehead atoms. The molecule has 128 valence electrons. The Hall–Kier alpha value is -2.53. The zero-order valence-electron chi connectivity index (χ0n) is 14.4. The SMILES string of the molecule is CNCCc1ccccc1C(=O)N(C)Cc1ccc(O)c(OC)c1. The molecule has 2 rings (SSSR count). The number of hydrogen-bond acceptors (Lipinski definition) is 4. The van der Waals surface area contributed by atoms with Gasteiger partial charge in [0, 0.05) is 19.2 Å². The summed E-state index contributed by atoms with van der Waals surface area (Å²) in [4.78, 5) is 14.4. The van der Waals surface area contributed by atoms with Crippen LogP contribution in [-0.2, 0) is 13.0 Å². The molecule has 0 spiro atoms. The van der Waals surface area contributed by atoms with Gasteiger partial charge in [0.1, 0.15) is 0 Å². The third kappa shape index (κ3) is 4.26. The summed E-state index contributed by atoms with van der Waals surface area (Å²) in [7, 11) is 5.18. The summed E-state index contributed by atoms with van der Waals surface area (Å²) < 4.78 is 5.12. The molecule has 2 aromatic carbocycles. The van der Waals surface area contributed by atoms with Gasteiger partial charge in [0.25, 0.3) is 5.91 Å². The van der Waals surface area contributed by atoms with Crippen LogP contribution in [0.4, 0.5) is 0 Å². The standard InChI is InChI=1S/C19H24N2O3/c1-20-11-10-15-6-4-5-7-16(15)19(23)21(2)13-14-8-9-17(22)18(12-14)24-3/h4-9,12,20,22H,10-11,13H2,1-3H3. The zero-order chi connectivity index (χ0) is 17.5. The average Bonchev–Trinajstić information content (AvgIpc) is 2.61. The van der Waals surface area contributed by atoms with Gasteiger partial charge in [-0.3, -0.25) is 4.79 Å². The highest BCUT2D eigenvalue weighted by atomic mass is 16.5. The predicted octanol–water partition coefficient (Wildman–Crippen LogP) is 2.43. The quantitative estimate of drug-likeness (QED) is 0.819. The van der Waals surface area contributed by atoms with Crippen LogP contribution < -0.4 is 10.1 Å². The van der Waals surface area contributed by atoms with E-state index in [1.165, 1.54) is 7.11 Å². The van der Waals surface area contributed by atoms with Gasteiger partial charge in [-0.2, -0.15) is 0 Å². The Morgan fingerprint density at radius 3 is 2.71 bits per heavy atom. The number of phenolic OH excluding ortho intramolecular Hbond substituents is 1. The molecule has 1 amide bonds. The van der Waals surface area contributed by atoms with Crippen LogP contribution in [0.25, 0.3) is 0 Å². The number of aromatic hydroxyl groups is 1. The summed E-state index contributed by atoms with van der Waals surface area (Å²) in [5, 5.41) is 12.8. The average molecular weight is 328 g/mol. The van der Waals surface area contributed by atoms with E-state index in [1.807, 2.05) is 31.3 Å². The summed E-state index contributed by atoms with van der Waals surface area (Å²) >= 11 is 0. The monoisotopic (exact) mass is 328 g/mol. The number of likely N-dealkylation sites (N-methyl/N-ethyl adjacent to an activating group) is 1. The van der Waals surface area contributed by atoms with Crippen molar-refractivity contribution in [1.29, 1.82) is 0 Å². The lowest BCUT2D eigenvalue weighted by Gasteiger charge is -2.20. The molecule has 24 heavy (non-hydrogen) atoms. The molecule has 0 aromatic heterocycles. The summed E-state index contributed by atoms with van der Waals surface area (Å²) in [6.45, 7) is 1.26. The van der Waals surface area contributed by atoms with E-state index < -0.39 is 0 Å². The van der Waals surface area contributed by atoms with Crippen molar-refractivity contribution in [3.05, 3.63) is 59.2 Å². The van der Waals surface area contributed by atoms with E-state index in [4.69, 9.17) is 4.74 Å².